The summed E-state index contributed by atoms with van der Waals surface area (Å²) in [5.74, 6) is -1.42. The molecule has 2 amide bonds. The van der Waals surface area contributed by atoms with Crippen molar-refractivity contribution < 1.29 is 24.2 Å². The fourth-order valence-electron chi connectivity index (χ4n) is 4.64. The molecule has 34 heavy (non-hydrogen) atoms. The molecule has 2 aliphatic rings. The number of aromatic nitrogens is 2. The van der Waals surface area contributed by atoms with Crippen LogP contribution in [-0.4, -0.2) is 57.0 Å². The summed E-state index contributed by atoms with van der Waals surface area (Å²) in [6, 6.07) is 17.5. The third-order valence-corrected chi connectivity index (χ3v) is 6.74. The Kier molecular flexibility index (Phi) is 5.11. The minimum atomic E-state index is -1.16. The molecule has 1 saturated carbocycles. The largest absolute Gasteiger partial charge is 0.479 e. The molecule has 1 heterocycles. The normalized spacial score (nSPS) is 15.2. The molecule has 1 aromatic heterocycles. The monoisotopic (exact) mass is 460 g/mol. The molecule has 0 aliphatic heterocycles. The predicted octanol–water partition coefficient (Wildman–Crippen LogP) is 3.47. The van der Waals surface area contributed by atoms with Gasteiger partial charge in [0.1, 0.15) is 17.8 Å². The third-order valence-electron chi connectivity index (χ3n) is 6.74. The van der Waals surface area contributed by atoms with E-state index in [4.69, 9.17) is 4.74 Å². The number of nitrogens with zero attached hydrogens (tertiary/aromatic N) is 3. The number of anilines is 1. The number of benzene rings is 2. The maximum atomic E-state index is 12.8. The lowest BCUT2D eigenvalue weighted by Gasteiger charge is -2.24. The van der Waals surface area contributed by atoms with Gasteiger partial charge < -0.3 is 14.7 Å². The average Bonchev–Trinajstić information content (AvgIpc) is 3.48. The van der Waals surface area contributed by atoms with Crippen LogP contribution in [0.15, 0.2) is 54.6 Å². The summed E-state index contributed by atoms with van der Waals surface area (Å²) in [6.07, 6.45) is 0.136. The van der Waals surface area contributed by atoms with Crippen LogP contribution in [0, 0.1) is 0 Å². The number of hydrogen-bond donors (Lipinski definition) is 2. The van der Waals surface area contributed by atoms with Gasteiger partial charge in [0.15, 0.2) is 5.82 Å². The van der Waals surface area contributed by atoms with Crippen LogP contribution in [-0.2, 0) is 16.6 Å². The molecule has 2 N–H and O–H groups in total. The number of fused-ring (bicyclic) bond motifs is 3. The van der Waals surface area contributed by atoms with Gasteiger partial charge in [0.05, 0.1) is 0 Å². The van der Waals surface area contributed by atoms with Crippen molar-refractivity contribution in [1.82, 2.24) is 14.7 Å². The van der Waals surface area contributed by atoms with E-state index >= 15 is 0 Å². The van der Waals surface area contributed by atoms with Gasteiger partial charge in [0.25, 0.3) is 5.91 Å². The van der Waals surface area contributed by atoms with Crippen LogP contribution in [0.5, 0.6) is 0 Å². The lowest BCUT2D eigenvalue weighted by molar-refractivity contribution is -0.143. The van der Waals surface area contributed by atoms with E-state index in [1.165, 1.54) is 22.7 Å². The number of hydrogen-bond acceptors (Lipinski definition) is 5. The first-order valence-electron chi connectivity index (χ1n) is 11.0. The van der Waals surface area contributed by atoms with Gasteiger partial charge in [-0.1, -0.05) is 48.5 Å². The minimum absolute atomic E-state index is 0.0709. The smallest absolute Gasteiger partial charge is 0.412 e. The first kappa shape index (κ1) is 21.7. The van der Waals surface area contributed by atoms with Gasteiger partial charge in [-0.3, -0.25) is 14.8 Å². The lowest BCUT2D eigenvalue weighted by Crippen LogP contribution is -2.45. The van der Waals surface area contributed by atoms with Crippen molar-refractivity contribution in [2.24, 2.45) is 7.05 Å². The van der Waals surface area contributed by atoms with Crippen molar-refractivity contribution in [3.63, 3.8) is 0 Å². The topological polar surface area (TPSA) is 114 Å². The first-order chi connectivity index (χ1) is 16.3. The highest BCUT2D eigenvalue weighted by Gasteiger charge is 2.56. The number of ether oxygens (including phenoxy) is 1. The summed E-state index contributed by atoms with van der Waals surface area (Å²) in [5, 5.41) is 16.2. The second kappa shape index (κ2) is 8.02. The molecule has 1 fully saturated rings. The SMILES string of the molecule is CN(C(=O)c1cc(NC(=O)OCC2c3ccccc3-c3ccccc32)nn1C)C1(C(=O)O)CC1. The Morgan fingerprint density at radius 2 is 1.71 bits per heavy atom. The molecule has 3 aromatic rings. The molecule has 0 atom stereocenters. The summed E-state index contributed by atoms with van der Waals surface area (Å²) in [7, 11) is 3.03. The number of likely N-dealkylation sites (N-methyl/N-ethyl adjacent to an activating group) is 1. The molecule has 9 heteroatoms. The Hall–Kier alpha value is -4.14. The van der Waals surface area contributed by atoms with Crippen LogP contribution in [0.3, 0.4) is 0 Å². The quantitative estimate of drug-likeness (QED) is 0.582. The fourth-order valence-corrected chi connectivity index (χ4v) is 4.64. The zero-order valence-corrected chi connectivity index (χ0v) is 18.8. The zero-order valence-electron chi connectivity index (χ0n) is 18.8. The number of aryl methyl sites for hydroxylation is 1. The highest BCUT2D eigenvalue weighted by molar-refractivity contribution is 5.98. The predicted molar refractivity (Wildman–Crippen MR) is 124 cm³/mol. The van der Waals surface area contributed by atoms with Crippen LogP contribution < -0.4 is 5.32 Å². The van der Waals surface area contributed by atoms with Crippen molar-refractivity contribution >= 4 is 23.8 Å². The maximum absolute atomic E-state index is 12.8. The van der Waals surface area contributed by atoms with Crippen LogP contribution in [0.1, 0.15) is 40.4 Å². The summed E-state index contributed by atoms with van der Waals surface area (Å²) in [6.45, 7) is 0.155. The van der Waals surface area contributed by atoms with E-state index in [-0.39, 0.29) is 24.0 Å². The Balaban J connectivity index is 1.26. The highest BCUT2D eigenvalue weighted by Crippen LogP contribution is 2.44. The number of rotatable bonds is 6. The number of carbonyl (C=O) groups excluding carboxylic acids is 2. The Labute approximate surface area is 195 Å². The number of nitrogens with one attached hydrogen (secondary N) is 1. The number of carbonyl (C=O) groups is 3. The molecule has 2 aliphatic carbocycles. The summed E-state index contributed by atoms with van der Waals surface area (Å²) >= 11 is 0. The van der Waals surface area contributed by atoms with Gasteiger partial charge in [-0.2, -0.15) is 5.10 Å². The van der Waals surface area contributed by atoms with Crippen LogP contribution in [0.2, 0.25) is 0 Å². The number of carboxylic acids is 1. The first-order valence-corrected chi connectivity index (χ1v) is 11.0. The third kappa shape index (κ3) is 3.49. The van der Waals surface area contributed by atoms with Crippen molar-refractivity contribution in [1.29, 1.82) is 0 Å². The van der Waals surface area contributed by atoms with E-state index in [2.05, 4.69) is 22.5 Å². The van der Waals surface area contributed by atoms with Crippen LogP contribution in [0.4, 0.5) is 10.6 Å². The molecular formula is C25H24N4O5. The Bertz CT molecular complexity index is 1260. The van der Waals surface area contributed by atoms with Gasteiger partial charge >= 0.3 is 12.1 Å². The second-order valence-electron chi connectivity index (χ2n) is 8.69. The number of aliphatic carboxylic acids is 1. The molecule has 0 saturated heterocycles. The van der Waals surface area contributed by atoms with Crippen LogP contribution >= 0.6 is 0 Å². The van der Waals surface area contributed by atoms with Crippen LogP contribution in [0.25, 0.3) is 11.1 Å². The van der Waals surface area contributed by atoms with Crippen molar-refractivity contribution in [3.8, 4) is 11.1 Å². The summed E-state index contributed by atoms with van der Waals surface area (Å²) in [4.78, 5) is 38.1. The number of amides is 2. The van der Waals surface area contributed by atoms with E-state index in [1.807, 2.05) is 36.4 Å². The van der Waals surface area contributed by atoms with Gasteiger partial charge in [0.2, 0.25) is 0 Å². The molecular weight excluding hydrogens is 436 g/mol. The lowest BCUT2D eigenvalue weighted by atomic mass is 9.98. The van der Waals surface area contributed by atoms with Gasteiger partial charge in [-0.25, -0.2) is 9.59 Å². The van der Waals surface area contributed by atoms with E-state index in [9.17, 15) is 19.5 Å². The second-order valence-corrected chi connectivity index (χ2v) is 8.69. The zero-order chi connectivity index (χ0) is 24.0. The van der Waals surface area contributed by atoms with Crippen molar-refractivity contribution in [3.05, 3.63) is 71.4 Å². The molecule has 9 nitrogen and oxygen atoms in total. The van der Waals surface area contributed by atoms with Gasteiger partial charge in [-0.05, 0) is 35.1 Å². The molecule has 0 spiro atoms. The standard InChI is InChI=1S/C25H24N4O5/c1-28(25(11-12-25)23(31)32)22(30)20-13-21(27-29(20)2)26-24(33)34-14-19-17-9-5-3-7-15(17)16-8-4-6-10-18(16)19/h3-10,13,19H,11-12,14H2,1-2H3,(H,31,32)(H,26,27,33). The average molecular weight is 460 g/mol. The molecule has 0 radical (unpaired) electrons. The summed E-state index contributed by atoms with van der Waals surface area (Å²) in [5.41, 5.74) is 3.50. The maximum Gasteiger partial charge on any atom is 0.412 e. The fraction of sp³-hybridized carbons (Fsp3) is 0.280. The minimum Gasteiger partial charge on any atom is -0.479 e. The van der Waals surface area contributed by atoms with E-state index in [0.29, 0.717) is 12.8 Å². The summed E-state index contributed by atoms with van der Waals surface area (Å²) < 4.78 is 6.84. The Morgan fingerprint density at radius 1 is 1.12 bits per heavy atom. The number of carboxylic acid groups (broad SMARTS) is 1. The molecule has 5 rings (SSSR count). The van der Waals surface area contributed by atoms with Crippen molar-refractivity contribution in [2.75, 3.05) is 19.0 Å². The van der Waals surface area contributed by atoms with Crippen molar-refractivity contribution in [2.45, 2.75) is 24.3 Å². The van der Waals surface area contributed by atoms with Gasteiger partial charge in [-0.15, -0.1) is 0 Å². The molecule has 0 bridgehead atoms. The molecule has 174 valence electrons. The Morgan fingerprint density at radius 3 is 2.26 bits per heavy atom. The molecule has 2 aromatic carbocycles. The van der Waals surface area contributed by atoms with Gasteiger partial charge in [0, 0.05) is 26.1 Å². The highest BCUT2D eigenvalue weighted by atomic mass is 16.5. The van der Waals surface area contributed by atoms with E-state index in [0.717, 1.165) is 22.3 Å². The van der Waals surface area contributed by atoms with E-state index in [1.54, 1.807) is 7.05 Å². The van der Waals surface area contributed by atoms with E-state index < -0.39 is 23.5 Å². The molecule has 0 unspecified atom stereocenters.